The van der Waals surface area contributed by atoms with Gasteiger partial charge in [0, 0.05) is 18.7 Å². The van der Waals surface area contributed by atoms with Crippen LogP contribution in [0.25, 0.3) is 22.3 Å². The van der Waals surface area contributed by atoms with Gasteiger partial charge in [-0.05, 0) is 55.7 Å². The van der Waals surface area contributed by atoms with Gasteiger partial charge in [0.2, 0.25) is 0 Å². The first kappa shape index (κ1) is 25.1. The van der Waals surface area contributed by atoms with Crippen LogP contribution in [0.1, 0.15) is 45.1 Å². The summed E-state index contributed by atoms with van der Waals surface area (Å²) in [4.78, 5) is 10.7. The molecule has 37 heavy (non-hydrogen) atoms. The summed E-state index contributed by atoms with van der Waals surface area (Å²) >= 11 is 0. The second kappa shape index (κ2) is 11.2. The number of hydrogen-bond acceptors (Lipinski definition) is 8. The maximum Gasteiger partial charge on any atom is 0.164 e. The fourth-order valence-corrected chi connectivity index (χ4v) is 4.99. The summed E-state index contributed by atoms with van der Waals surface area (Å²) in [5.41, 5.74) is 8.58. The molecule has 1 saturated heterocycles. The molecular formula is C28H34N6O3. The Bertz CT molecular complexity index is 1310. The van der Waals surface area contributed by atoms with Crippen LogP contribution in [0, 0.1) is 0 Å². The molecule has 0 aliphatic carbocycles. The van der Waals surface area contributed by atoms with E-state index in [1.165, 1.54) is 6.33 Å². The van der Waals surface area contributed by atoms with Gasteiger partial charge in [-0.1, -0.05) is 38.0 Å². The summed E-state index contributed by atoms with van der Waals surface area (Å²) < 4.78 is 7.85. The zero-order valence-electron chi connectivity index (χ0n) is 21.1. The molecule has 0 amide bonds. The Hall–Kier alpha value is -3.53. The van der Waals surface area contributed by atoms with E-state index in [4.69, 9.17) is 15.6 Å². The summed E-state index contributed by atoms with van der Waals surface area (Å²) in [6.45, 7) is 3.37. The number of aliphatic hydroxyl groups is 2. The zero-order chi connectivity index (χ0) is 25.8. The molecule has 2 aromatic heterocycles. The number of ether oxygens (including phenoxy) is 1. The highest BCUT2D eigenvalue weighted by Gasteiger charge is 2.31. The van der Waals surface area contributed by atoms with Gasteiger partial charge in [-0.3, -0.25) is 4.90 Å². The topological polar surface area (TPSA) is 123 Å². The van der Waals surface area contributed by atoms with Gasteiger partial charge in [-0.25, -0.2) is 14.6 Å². The molecule has 0 radical (unpaired) electrons. The molecule has 0 bridgehead atoms. The van der Waals surface area contributed by atoms with Gasteiger partial charge in [0.1, 0.15) is 35.6 Å². The second-order valence-electron chi connectivity index (χ2n) is 9.60. The molecule has 1 aliphatic heterocycles. The molecular weight excluding hydrogens is 468 g/mol. The van der Waals surface area contributed by atoms with Gasteiger partial charge < -0.3 is 20.7 Å². The van der Waals surface area contributed by atoms with E-state index in [2.05, 4.69) is 16.9 Å². The quantitative estimate of drug-likeness (QED) is 0.308. The van der Waals surface area contributed by atoms with Crippen molar-refractivity contribution in [1.29, 1.82) is 0 Å². The normalized spacial score (nSPS) is 18.1. The molecule has 0 saturated carbocycles. The minimum absolute atomic E-state index is 0.0204. The molecule has 2 unspecified atom stereocenters. The minimum Gasteiger partial charge on any atom is -0.457 e. The van der Waals surface area contributed by atoms with Gasteiger partial charge >= 0.3 is 0 Å². The molecule has 9 heteroatoms. The van der Waals surface area contributed by atoms with Crippen LogP contribution in [0.5, 0.6) is 11.5 Å². The van der Waals surface area contributed by atoms with Gasteiger partial charge in [-0.15, -0.1) is 0 Å². The predicted molar refractivity (Wildman–Crippen MR) is 143 cm³/mol. The molecule has 0 spiro atoms. The Morgan fingerprint density at radius 1 is 1.05 bits per heavy atom. The molecule has 3 atom stereocenters. The van der Waals surface area contributed by atoms with E-state index in [0.717, 1.165) is 49.3 Å². The van der Waals surface area contributed by atoms with Crippen LogP contribution in [-0.4, -0.2) is 60.3 Å². The van der Waals surface area contributed by atoms with E-state index in [-0.39, 0.29) is 6.04 Å². The Morgan fingerprint density at radius 3 is 2.57 bits per heavy atom. The standard InChI is InChI=1S/C28H34N6O3/c1-2-3-11-23(35)28(36)33-16-7-8-20(17-33)34-27-24(26(29)30-18-31-27)25(32-34)19-12-14-22(15-13-19)37-21-9-5-4-6-10-21/h4-6,9-10,12-15,18,20,23,28,35-36H,2-3,7-8,11,16-17H2,1H3,(H2,29,30,31)/t20-,23?,28?/m1/s1. The van der Waals surface area contributed by atoms with Crippen LogP contribution in [0.4, 0.5) is 5.82 Å². The van der Waals surface area contributed by atoms with E-state index >= 15 is 0 Å². The molecule has 4 N–H and O–H groups in total. The van der Waals surface area contributed by atoms with Gasteiger partial charge in [-0.2, -0.15) is 5.10 Å². The molecule has 3 heterocycles. The molecule has 9 nitrogen and oxygen atoms in total. The van der Waals surface area contributed by atoms with Gasteiger partial charge in [0.25, 0.3) is 0 Å². The lowest BCUT2D eigenvalue weighted by Gasteiger charge is -2.37. The number of para-hydroxylation sites is 1. The lowest BCUT2D eigenvalue weighted by Crippen LogP contribution is -2.48. The number of nitrogens with zero attached hydrogens (tertiary/aromatic N) is 5. The predicted octanol–water partition coefficient (Wildman–Crippen LogP) is 4.37. The molecule has 4 aromatic rings. The molecule has 1 fully saturated rings. The Balaban J connectivity index is 1.42. The third-order valence-electron chi connectivity index (χ3n) is 6.97. The number of likely N-dealkylation sites (tertiary alicyclic amines) is 1. The van der Waals surface area contributed by atoms with Crippen LogP contribution in [0.3, 0.4) is 0 Å². The zero-order valence-corrected chi connectivity index (χ0v) is 21.1. The first-order chi connectivity index (χ1) is 18.0. The van der Waals surface area contributed by atoms with Crippen molar-refractivity contribution in [3.63, 3.8) is 0 Å². The summed E-state index contributed by atoms with van der Waals surface area (Å²) in [5.74, 6) is 1.87. The van der Waals surface area contributed by atoms with Gasteiger partial charge in [0.05, 0.1) is 17.5 Å². The first-order valence-corrected chi connectivity index (χ1v) is 13.0. The third-order valence-corrected chi connectivity index (χ3v) is 6.97. The Labute approximate surface area is 216 Å². The SMILES string of the molecule is CCCCC(O)C(O)N1CCC[C@@H](n2nc(-c3ccc(Oc4ccccc4)cc3)c3c(N)ncnc32)C1. The second-order valence-corrected chi connectivity index (χ2v) is 9.60. The smallest absolute Gasteiger partial charge is 0.164 e. The maximum atomic E-state index is 10.8. The minimum atomic E-state index is -0.896. The van der Waals surface area contributed by atoms with Crippen molar-refractivity contribution in [2.75, 3.05) is 18.8 Å². The average Bonchev–Trinajstić information content (AvgIpc) is 3.33. The lowest BCUT2D eigenvalue weighted by molar-refractivity contribution is -0.0984. The van der Waals surface area contributed by atoms with Crippen molar-refractivity contribution in [2.45, 2.75) is 57.4 Å². The van der Waals surface area contributed by atoms with Crippen molar-refractivity contribution in [3.8, 4) is 22.8 Å². The highest BCUT2D eigenvalue weighted by Crippen LogP contribution is 2.35. The monoisotopic (exact) mass is 502 g/mol. The lowest BCUT2D eigenvalue weighted by atomic mass is 10.0. The van der Waals surface area contributed by atoms with Crippen molar-refractivity contribution in [1.82, 2.24) is 24.6 Å². The number of anilines is 1. The van der Waals surface area contributed by atoms with Crippen molar-refractivity contribution in [3.05, 3.63) is 60.9 Å². The molecule has 2 aromatic carbocycles. The van der Waals surface area contributed by atoms with Crippen molar-refractivity contribution < 1.29 is 14.9 Å². The van der Waals surface area contributed by atoms with E-state index in [9.17, 15) is 10.2 Å². The van der Waals surface area contributed by atoms with Crippen LogP contribution in [0.2, 0.25) is 0 Å². The van der Waals surface area contributed by atoms with Crippen LogP contribution in [0.15, 0.2) is 60.9 Å². The van der Waals surface area contributed by atoms with Crippen LogP contribution >= 0.6 is 0 Å². The number of nitrogen functional groups attached to an aromatic ring is 1. The summed E-state index contributed by atoms with van der Waals surface area (Å²) in [6, 6.07) is 17.3. The number of piperidine rings is 1. The number of benzene rings is 2. The number of aromatic nitrogens is 4. The molecule has 5 rings (SSSR count). The first-order valence-electron chi connectivity index (χ1n) is 13.0. The number of unbranched alkanes of at least 4 members (excludes halogenated alkanes) is 1. The Morgan fingerprint density at radius 2 is 1.81 bits per heavy atom. The number of rotatable bonds is 9. The highest BCUT2D eigenvalue weighted by atomic mass is 16.5. The maximum absolute atomic E-state index is 10.8. The highest BCUT2D eigenvalue weighted by molar-refractivity contribution is 5.98. The molecule has 1 aliphatic rings. The van der Waals surface area contributed by atoms with E-state index in [0.29, 0.717) is 35.5 Å². The number of hydrogen-bond donors (Lipinski definition) is 3. The summed E-state index contributed by atoms with van der Waals surface area (Å²) in [7, 11) is 0. The van der Waals surface area contributed by atoms with Crippen LogP contribution < -0.4 is 10.5 Å². The van der Waals surface area contributed by atoms with Crippen molar-refractivity contribution in [2.24, 2.45) is 0 Å². The number of nitrogens with two attached hydrogens (primary N) is 1. The summed E-state index contributed by atoms with van der Waals surface area (Å²) in [5, 5.41) is 26.9. The Kier molecular flexibility index (Phi) is 7.64. The average molecular weight is 503 g/mol. The van der Waals surface area contributed by atoms with Crippen molar-refractivity contribution >= 4 is 16.9 Å². The number of fused-ring (bicyclic) bond motifs is 1. The third kappa shape index (κ3) is 5.44. The summed E-state index contributed by atoms with van der Waals surface area (Å²) in [6.07, 6.45) is 4.01. The van der Waals surface area contributed by atoms with Crippen LogP contribution in [-0.2, 0) is 0 Å². The largest absolute Gasteiger partial charge is 0.457 e. The van der Waals surface area contributed by atoms with E-state index in [1.807, 2.05) is 64.2 Å². The fraction of sp³-hybridized carbons (Fsp3) is 0.393. The van der Waals surface area contributed by atoms with E-state index in [1.54, 1.807) is 0 Å². The number of aliphatic hydroxyl groups excluding tert-OH is 2. The van der Waals surface area contributed by atoms with Gasteiger partial charge in [0.15, 0.2) is 5.65 Å². The fourth-order valence-electron chi connectivity index (χ4n) is 4.99. The molecule has 194 valence electrons. The van der Waals surface area contributed by atoms with E-state index < -0.39 is 12.3 Å².